The molecule has 3 heteroatoms. The summed E-state index contributed by atoms with van der Waals surface area (Å²) in [5, 5.41) is 11.9. The Hall–Kier alpha value is -1.37. The molecule has 5 unspecified atom stereocenters. The van der Waals surface area contributed by atoms with Crippen molar-refractivity contribution in [3.05, 3.63) is 22.8 Å². The molecule has 0 amide bonds. The molecule has 202 valence electrons. The summed E-state index contributed by atoms with van der Waals surface area (Å²) in [6.45, 7) is 4.28. The van der Waals surface area contributed by atoms with Crippen LogP contribution in [0.1, 0.15) is 117 Å². The van der Waals surface area contributed by atoms with Gasteiger partial charge in [0.2, 0.25) is 0 Å². The van der Waals surface area contributed by atoms with E-state index in [9.17, 15) is 9.90 Å². The first-order valence-electron chi connectivity index (χ1n) is 15.7. The Balaban J connectivity index is 1.30. The molecule has 3 nitrogen and oxygen atoms in total. The minimum absolute atomic E-state index is 0.128. The highest BCUT2D eigenvalue weighted by molar-refractivity contribution is 5.93. The van der Waals surface area contributed by atoms with Crippen molar-refractivity contribution in [2.24, 2.45) is 29.1 Å². The predicted molar refractivity (Wildman–Crippen MR) is 150 cm³/mol. The van der Waals surface area contributed by atoms with Crippen LogP contribution in [0.4, 0.5) is 0 Å². The number of carbonyl (C=O) groups is 1. The Kier molecular flexibility index (Phi) is 6.99. The Bertz CT molecular complexity index is 1030. The van der Waals surface area contributed by atoms with Gasteiger partial charge in [0.05, 0.1) is 0 Å². The van der Waals surface area contributed by atoms with Crippen LogP contribution in [-0.2, 0) is 4.79 Å². The van der Waals surface area contributed by atoms with Crippen LogP contribution in [0.3, 0.4) is 0 Å². The molecular formula is C34H49NO2. The van der Waals surface area contributed by atoms with Crippen LogP contribution in [0.5, 0.6) is 0 Å². The zero-order valence-electron chi connectivity index (χ0n) is 23.7. The monoisotopic (exact) mass is 503 g/mol. The van der Waals surface area contributed by atoms with E-state index in [1.807, 2.05) is 13.0 Å². The van der Waals surface area contributed by atoms with Crippen LogP contribution in [0.2, 0.25) is 0 Å². The van der Waals surface area contributed by atoms with E-state index < -0.39 is 5.60 Å². The van der Waals surface area contributed by atoms with Gasteiger partial charge >= 0.3 is 0 Å². The first kappa shape index (κ1) is 25.9. The van der Waals surface area contributed by atoms with Gasteiger partial charge in [-0.3, -0.25) is 4.79 Å². The zero-order valence-corrected chi connectivity index (χ0v) is 23.7. The number of carbonyl (C=O) groups excluding carboxylic acids is 1. The predicted octanol–water partition coefficient (Wildman–Crippen LogP) is 7.00. The maximum absolute atomic E-state index is 12.3. The lowest BCUT2D eigenvalue weighted by Gasteiger charge is -2.56. The fourth-order valence-corrected chi connectivity index (χ4v) is 10.3. The lowest BCUT2D eigenvalue weighted by molar-refractivity contribution is -0.114. The van der Waals surface area contributed by atoms with Crippen LogP contribution in [0.25, 0.3) is 0 Å². The number of fused-ring (bicyclic) bond motifs is 4. The second-order valence-electron chi connectivity index (χ2n) is 13.8. The van der Waals surface area contributed by atoms with E-state index in [4.69, 9.17) is 0 Å². The van der Waals surface area contributed by atoms with Crippen molar-refractivity contribution in [3.63, 3.8) is 0 Å². The third kappa shape index (κ3) is 4.30. The van der Waals surface area contributed by atoms with Gasteiger partial charge < -0.3 is 10.0 Å². The van der Waals surface area contributed by atoms with Gasteiger partial charge in [-0.05, 0) is 132 Å². The van der Waals surface area contributed by atoms with Gasteiger partial charge in [-0.25, -0.2) is 0 Å². The van der Waals surface area contributed by atoms with E-state index in [1.54, 1.807) is 11.1 Å². The van der Waals surface area contributed by atoms with E-state index in [0.29, 0.717) is 35.9 Å². The number of rotatable bonds is 3. The van der Waals surface area contributed by atoms with Crippen molar-refractivity contribution in [2.45, 2.75) is 134 Å². The maximum Gasteiger partial charge on any atom is 0.156 e. The molecule has 4 saturated carbocycles. The molecule has 0 saturated heterocycles. The molecule has 0 aliphatic heterocycles. The highest BCUT2D eigenvalue weighted by Crippen LogP contribution is 2.66. The third-order valence-electron chi connectivity index (χ3n) is 12.3. The van der Waals surface area contributed by atoms with Crippen molar-refractivity contribution in [1.29, 1.82) is 0 Å². The van der Waals surface area contributed by atoms with Crippen molar-refractivity contribution >= 4 is 5.78 Å². The van der Waals surface area contributed by atoms with E-state index in [2.05, 4.69) is 30.7 Å². The van der Waals surface area contributed by atoms with Gasteiger partial charge in [0.25, 0.3) is 0 Å². The van der Waals surface area contributed by atoms with Gasteiger partial charge in [-0.2, -0.15) is 0 Å². The van der Waals surface area contributed by atoms with E-state index in [-0.39, 0.29) is 5.41 Å². The van der Waals surface area contributed by atoms with Crippen molar-refractivity contribution < 1.29 is 9.90 Å². The molecule has 0 radical (unpaired) electrons. The lowest BCUT2D eigenvalue weighted by Crippen LogP contribution is -2.53. The number of nitrogens with zero attached hydrogens (tertiary/aromatic N) is 1. The van der Waals surface area contributed by atoms with E-state index in [1.165, 1.54) is 63.4 Å². The Morgan fingerprint density at radius 2 is 1.65 bits per heavy atom. The number of aliphatic hydroxyl groups is 1. The summed E-state index contributed by atoms with van der Waals surface area (Å²) in [4.78, 5) is 15.1. The number of allylic oxidation sites excluding steroid dienone is 4. The molecule has 0 bridgehead atoms. The second kappa shape index (κ2) is 9.98. The van der Waals surface area contributed by atoms with Gasteiger partial charge in [0, 0.05) is 23.9 Å². The van der Waals surface area contributed by atoms with E-state index in [0.717, 1.165) is 50.6 Å². The lowest BCUT2D eigenvalue weighted by atomic mass is 9.49. The van der Waals surface area contributed by atoms with Crippen LogP contribution in [0, 0.1) is 40.9 Å². The number of ketones is 1. The Morgan fingerprint density at radius 1 is 0.919 bits per heavy atom. The molecule has 6 aliphatic carbocycles. The van der Waals surface area contributed by atoms with Crippen LogP contribution >= 0.6 is 0 Å². The molecule has 6 aliphatic rings. The maximum atomic E-state index is 12.3. The molecule has 0 spiro atoms. The Labute approximate surface area is 225 Å². The quantitative estimate of drug-likeness (QED) is 0.422. The molecule has 6 rings (SSSR count). The largest absolute Gasteiger partial charge is 0.377 e. The second-order valence-corrected chi connectivity index (χ2v) is 13.8. The SMILES string of the molecule is CC#CC1(O)CCC2C3CCC4=CC(=O)CCC4=C3C(C3CCC(N(C)C4CCCCC4)CC3)CC21C. The minimum Gasteiger partial charge on any atom is -0.377 e. The van der Waals surface area contributed by atoms with Crippen molar-refractivity contribution in [1.82, 2.24) is 4.90 Å². The summed E-state index contributed by atoms with van der Waals surface area (Å²) >= 11 is 0. The average molecular weight is 504 g/mol. The summed E-state index contributed by atoms with van der Waals surface area (Å²) < 4.78 is 0. The topological polar surface area (TPSA) is 40.5 Å². The molecule has 0 heterocycles. The van der Waals surface area contributed by atoms with Crippen molar-refractivity contribution in [3.8, 4) is 11.8 Å². The summed E-state index contributed by atoms with van der Waals surface area (Å²) in [5.41, 5.74) is 3.70. The fourth-order valence-electron chi connectivity index (χ4n) is 10.3. The molecule has 5 atom stereocenters. The molecule has 0 aromatic heterocycles. The molecular weight excluding hydrogens is 454 g/mol. The normalized spacial score (nSPS) is 42.5. The standard InChI is InChI=1S/C34H49NO2/c1-4-19-34(37)20-18-31-29-16-12-24-21-27(36)15-17-28(24)32(29)30(22-33(31,34)2)23-10-13-26(14-11-23)35(3)25-8-6-5-7-9-25/h21,23,25-26,29-31,37H,5-18,20,22H2,1-3H3. The zero-order chi connectivity index (χ0) is 25.8. The third-order valence-corrected chi connectivity index (χ3v) is 12.3. The van der Waals surface area contributed by atoms with Gasteiger partial charge in [0.15, 0.2) is 5.78 Å². The molecule has 0 aromatic carbocycles. The molecule has 4 fully saturated rings. The number of hydrogen-bond acceptors (Lipinski definition) is 3. The molecule has 37 heavy (non-hydrogen) atoms. The number of hydrogen-bond donors (Lipinski definition) is 1. The average Bonchev–Trinajstić information content (AvgIpc) is 3.18. The summed E-state index contributed by atoms with van der Waals surface area (Å²) in [5.74, 6) is 9.10. The molecule has 0 aromatic rings. The van der Waals surface area contributed by atoms with Gasteiger partial charge in [-0.15, -0.1) is 5.92 Å². The minimum atomic E-state index is -0.849. The van der Waals surface area contributed by atoms with Gasteiger partial charge in [0.1, 0.15) is 5.60 Å². The summed E-state index contributed by atoms with van der Waals surface area (Å²) in [7, 11) is 2.41. The summed E-state index contributed by atoms with van der Waals surface area (Å²) in [6, 6.07) is 1.54. The highest BCUT2D eigenvalue weighted by atomic mass is 16.3. The fraction of sp³-hybridized carbons (Fsp3) is 0.794. The van der Waals surface area contributed by atoms with Crippen LogP contribution in [0.15, 0.2) is 22.8 Å². The van der Waals surface area contributed by atoms with Crippen LogP contribution < -0.4 is 0 Å². The highest BCUT2D eigenvalue weighted by Gasteiger charge is 2.63. The molecule has 1 N–H and O–H groups in total. The van der Waals surface area contributed by atoms with Gasteiger partial charge in [-0.1, -0.05) is 37.7 Å². The Morgan fingerprint density at radius 3 is 2.38 bits per heavy atom. The van der Waals surface area contributed by atoms with Crippen LogP contribution in [-0.4, -0.2) is 40.5 Å². The first-order chi connectivity index (χ1) is 17.8. The summed E-state index contributed by atoms with van der Waals surface area (Å²) in [6.07, 6.45) is 21.1. The van der Waals surface area contributed by atoms with E-state index >= 15 is 0 Å². The first-order valence-corrected chi connectivity index (χ1v) is 15.7. The smallest absolute Gasteiger partial charge is 0.156 e. The van der Waals surface area contributed by atoms with Crippen molar-refractivity contribution in [2.75, 3.05) is 7.05 Å².